The number of ether oxygens (including phenoxy) is 2. The van der Waals surface area contributed by atoms with Crippen LogP contribution >= 0.6 is 0 Å². The molecule has 1 aromatic heterocycles. The molecule has 0 bridgehead atoms. The number of likely N-dealkylation sites (tertiary alicyclic amines) is 2. The first-order valence-electron chi connectivity index (χ1n) is 15.9. The highest BCUT2D eigenvalue weighted by atomic mass is 16.6. The maximum absolute atomic E-state index is 13.6. The molecule has 2 fully saturated rings. The number of carbonyl (C=O) groups excluding carboxylic acids is 2. The van der Waals surface area contributed by atoms with Gasteiger partial charge in [0.25, 0.3) is 5.91 Å². The number of benzene rings is 2. The summed E-state index contributed by atoms with van der Waals surface area (Å²) >= 11 is 0. The Kier molecular flexibility index (Phi) is 10.3. The van der Waals surface area contributed by atoms with Gasteiger partial charge in [0.2, 0.25) is 0 Å². The van der Waals surface area contributed by atoms with E-state index in [0.717, 1.165) is 68.9 Å². The van der Waals surface area contributed by atoms with Gasteiger partial charge in [-0.1, -0.05) is 30.3 Å². The number of aromatic nitrogens is 2. The van der Waals surface area contributed by atoms with Crippen LogP contribution in [0.5, 0.6) is 5.75 Å². The molecule has 236 valence electrons. The van der Waals surface area contributed by atoms with E-state index >= 15 is 0 Å². The first kappa shape index (κ1) is 31.6. The van der Waals surface area contributed by atoms with Crippen molar-refractivity contribution < 1.29 is 19.1 Å². The molecule has 0 unspecified atom stereocenters. The molecular formula is C35H47N5O4. The molecule has 3 heterocycles. The number of piperidine rings is 2. The summed E-state index contributed by atoms with van der Waals surface area (Å²) in [6.45, 7) is 10.6. The highest BCUT2D eigenvalue weighted by Crippen LogP contribution is 2.33. The largest absolute Gasteiger partial charge is 0.497 e. The summed E-state index contributed by atoms with van der Waals surface area (Å²) < 4.78 is 12.8. The number of rotatable bonds is 9. The van der Waals surface area contributed by atoms with Crippen LogP contribution in [-0.4, -0.2) is 83.6 Å². The third kappa shape index (κ3) is 8.20. The number of carbonyl (C=O) groups is 2. The van der Waals surface area contributed by atoms with Gasteiger partial charge in [-0.25, -0.2) is 9.48 Å². The van der Waals surface area contributed by atoms with E-state index < -0.39 is 5.60 Å². The molecule has 44 heavy (non-hydrogen) atoms. The number of methoxy groups -OCH3 is 1. The zero-order valence-electron chi connectivity index (χ0n) is 26.6. The Morgan fingerprint density at radius 2 is 1.61 bits per heavy atom. The molecule has 1 N–H and O–H groups in total. The topological polar surface area (TPSA) is 88.9 Å². The number of nitrogens with one attached hydrogen (secondary N) is 1. The molecule has 5 rings (SSSR count). The second kappa shape index (κ2) is 14.3. The average molecular weight is 602 g/mol. The van der Waals surface area contributed by atoms with Crippen molar-refractivity contribution in [2.75, 3.05) is 46.4 Å². The Bertz CT molecular complexity index is 1370. The third-order valence-electron chi connectivity index (χ3n) is 8.72. The minimum Gasteiger partial charge on any atom is -0.497 e. The van der Waals surface area contributed by atoms with E-state index in [-0.39, 0.29) is 17.9 Å². The van der Waals surface area contributed by atoms with Gasteiger partial charge in [0, 0.05) is 32.1 Å². The van der Waals surface area contributed by atoms with Crippen LogP contribution < -0.4 is 10.1 Å². The Morgan fingerprint density at radius 3 is 2.25 bits per heavy atom. The van der Waals surface area contributed by atoms with Gasteiger partial charge in [-0.05, 0) is 102 Å². The lowest BCUT2D eigenvalue weighted by atomic mass is 9.90. The van der Waals surface area contributed by atoms with Crippen molar-refractivity contribution >= 4 is 12.0 Å². The summed E-state index contributed by atoms with van der Waals surface area (Å²) in [7, 11) is 1.69. The first-order chi connectivity index (χ1) is 21.2. The molecule has 0 spiro atoms. The Labute approximate surface area is 261 Å². The fourth-order valence-corrected chi connectivity index (χ4v) is 6.19. The zero-order valence-corrected chi connectivity index (χ0v) is 26.6. The lowest BCUT2D eigenvalue weighted by molar-refractivity contribution is 0.0203. The van der Waals surface area contributed by atoms with Crippen LogP contribution in [0.2, 0.25) is 0 Å². The third-order valence-corrected chi connectivity index (χ3v) is 8.72. The van der Waals surface area contributed by atoms with E-state index in [9.17, 15) is 9.59 Å². The molecule has 2 amide bonds. The molecule has 2 aromatic carbocycles. The zero-order chi connectivity index (χ0) is 31.1. The minimum atomic E-state index is -0.529. The van der Waals surface area contributed by atoms with Gasteiger partial charge in [0.05, 0.1) is 30.3 Å². The number of hydrogen-bond donors (Lipinski definition) is 1. The summed E-state index contributed by atoms with van der Waals surface area (Å²) in [4.78, 5) is 30.6. The summed E-state index contributed by atoms with van der Waals surface area (Å²) in [5.41, 5.74) is 3.27. The van der Waals surface area contributed by atoms with Crippen molar-refractivity contribution in [3.8, 4) is 11.4 Å². The average Bonchev–Trinajstić information content (AvgIpc) is 3.48. The molecule has 0 radical (unpaired) electrons. The van der Waals surface area contributed by atoms with Crippen molar-refractivity contribution in [1.29, 1.82) is 0 Å². The molecule has 2 saturated heterocycles. The van der Waals surface area contributed by atoms with Crippen LogP contribution in [0.1, 0.15) is 74.0 Å². The van der Waals surface area contributed by atoms with E-state index in [2.05, 4.69) is 27.4 Å². The fourth-order valence-electron chi connectivity index (χ4n) is 6.19. The molecule has 3 aromatic rings. The van der Waals surface area contributed by atoms with Gasteiger partial charge >= 0.3 is 6.09 Å². The van der Waals surface area contributed by atoms with Crippen molar-refractivity contribution in [3.63, 3.8) is 0 Å². The summed E-state index contributed by atoms with van der Waals surface area (Å²) in [6, 6.07) is 18.3. The first-order valence-corrected chi connectivity index (χ1v) is 15.9. The molecule has 2 aliphatic rings. The Hall–Kier alpha value is -3.85. The van der Waals surface area contributed by atoms with Crippen LogP contribution in [0.4, 0.5) is 4.79 Å². The Balaban J connectivity index is 1.17. The van der Waals surface area contributed by atoms with E-state index in [1.165, 1.54) is 5.56 Å². The van der Waals surface area contributed by atoms with E-state index in [0.29, 0.717) is 31.1 Å². The minimum absolute atomic E-state index is 0.0707. The van der Waals surface area contributed by atoms with E-state index in [1.807, 2.05) is 67.9 Å². The predicted molar refractivity (Wildman–Crippen MR) is 172 cm³/mol. The quantitative estimate of drug-likeness (QED) is 0.340. The van der Waals surface area contributed by atoms with Gasteiger partial charge in [0.1, 0.15) is 11.4 Å². The van der Waals surface area contributed by atoms with Crippen LogP contribution in [0.15, 0.2) is 60.8 Å². The lowest BCUT2D eigenvalue weighted by Crippen LogP contribution is -2.42. The normalized spacial score (nSPS) is 17.0. The molecule has 0 atom stereocenters. The number of nitrogens with zero attached hydrogens (tertiary/aromatic N) is 4. The van der Waals surface area contributed by atoms with E-state index in [1.54, 1.807) is 18.2 Å². The number of hydrogen-bond acceptors (Lipinski definition) is 6. The molecule has 0 aliphatic carbocycles. The van der Waals surface area contributed by atoms with Crippen molar-refractivity contribution in [3.05, 3.63) is 77.6 Å². The molecular weight excluding hydrogens is 554 g/mol. The molecule has 2 aliphatic heterocycles. The van der Waals surface area contributed by atoms with Crippen LogP contribution in [0.3, 0.4) is 0 Å². The van der Waals surface area contributed by atoms with Gasteiger partial charge in [0.15, 0.2) is 0 Å². The molecule has 0 saturated carbocycles. The number of para-hydroxylation sites is 1. The second-order valence-electron chi connectivity index (χ2n) is 13.0. The highest BCUT2D eigenvalue weighted by molar-refractivity contribution is 5.95. The van der Waals surface area contributed by atoms with Gasteiger partial charge in [-0.2, -0.15) is 5.10 Å². The predicted octanol–water partition coefficient (Wildman–Crippen LogP) is 5.68. The van der Waals surface area contributed by atoms with Gasteiger partial charge in [-0.3, -0.25) is 4.79 Å². The SMILES string of the molecule is COc1ccc(CCN2CCC(CNC(=O)c3cnn(-c4ccccc4)c3C3CCN(C(=O)OC(C)(C)C)CC3)CC2)cc1. The van der Waals surface area contributed by atoms with E-state index in [4.69, 9.17) is 9.47 Å². The van der Waals surface area contributed by atoms with Crippen LogP contribution in [0.25, 0.3) is 5.69 Å². The molecule has 9 heteroatoms. The smallest absolute Gasteiger partial charge is 0.410 e. The second-order valence-corrected chi connectivity index (χ2v) is 13.0. The van der Waals surface area contributed by atoms with Gasteiger partial charge in [-0.15, -0.1) is 0 Å². The van der Waals surface area contributed by atoms with Crippen molar-refractivity contribution in [2.45, 2.75) is 64.4 Å². The monoisotopic (exact) mass is 601 g/mol. The maximum atomic E-state index is 13.6. The van der Waals surface area contributed by atoms with Gasteiger partial charge < -0.3 is 24.6 Å². The van der Waals surface area contributed by atoms with Crippen molar-refractivity contribution in [1.82, 2.24) is 24.9 Å². The Morgan fingerprint density at radius 1 is 0.932 bits per heavy atom. The maximum Gasteiger partial charge on any atom is 0.410 e. The fraction of sp³-hybridized carbons (Fsp3) is 0.514. The number of amides is 2. The highest BCUT2D eigenvalue weighted by Gasteiger charge is 2.32. The van der Waals surface area contributed by atoms with Crippen LogP contribution in [-0.2, 0) is 11.2 Å². The van der Waals surface area contributed by atoms with Crippen molar-refractivity contribution in [2.24, 2.45) is 5.92 Å². The molecule has 9 nitrogen and oxygen atoms in total. The standard InChI is InChI=1S/C35H47N5O4/c1-35(2,3)44-34(42)39-22-17-28(18-23-39)32-31(25-37-40(32)29-8-6-5-7-9-29)33(41)36-24-27-15-20-38(21-16-27)19-14-26-10-12-30(43-4)13-11-26/h5-13,25,27-28H,14-24H2,1-4H3,(H,36,41). The van der Waals surface area contributed by atoms with Crippen LogP contribution in [0, 0.1) is 5.92 Å². The summed E-state index contributed by atoms with van der Waals surface area (Å²) in [5.74, 6) is 1.38. The lowest BCUT2D eigenvalue weighted by Gasteiger charge is -2.34. The summed E-state index contributed by atoms with van der Waals surface area (Å²) in [6.07, 6.45) is 6.08. The summed E-state index contributed by atoms with van der Waals surface area (Å²) in [5, 5.41) is 7.92.